The monoisotopic (exact) mass is 718 g/mol. The van der Waals surface area contributed by atoms with E-state index in [0.29, 0.717) is 17.5 Å². The van der Waals surface area contributed by atoms with Crippen molar-refractivity contribution >= 4 is 0 Å². The Morgan fingerprint density at radius 1 is 0.393 bits per heavy atom. The second-order valence-electron chi connectivity index (χ2n) is 15.0. The minimum absolute atomic E-state index is 0.0123. The van der Waals surface area contributed by atoms with Crippen molar-refractivity contribution < 1.29 is 0 Å². The van der Waals surface area contributed by atoms with Gasteiger partial charge in [-0.25, -0.2) is 15.0 Å². The number of fused-ring (bicyclic) bond motifs is 5. The van der Waals surface area contributed by atoms with Gasteiger partial charge < -0.3 is 0 Å². The highest BCUT2D eigenvalue weighted by Gasteiger charge is 2.44. The van der Waals surface area contributed by atoms with E-state index in [1.807, 2.05) is 66.7 Å². The molecule has 2 aliphatic carbocycles. The van der Waals surface area contributed by atoms with E-state index < -0.39 is 0 Å². The number of rotatable bonds is 6. The van der Waals surface area contributed by atoms with E-state index in [0.717, 1.165) is 46.2 Å². The van der Waals surface area contributed by atoms with Gasteiger partial charge in [0.2, 0.25) is 0 Å². The van der Waals surface area contributed by atoms with Crippen LogP contribution < -0.4 is 0 Å². The summed E-state index contributed by atoms with van der Waals surface area (Å²) in [5.74, 6) is 1.96. The van der Waals surface area contributed by atoms with E-state index in [4.69, 9.17) is 15.0 Å². The Morgan fingerprint density at radius 2 is 0.857 bits per heavy atom. The lowest BCUT2D eigenvalue weighted by molar-refractivity contribution is 0.353. The Balaban J connectivity index is 0.918. The van der Waals surface area contributed by atoms with Crippen LogP contribution in [0.15, 0.2) is 170 Å². The molecule has 0 atom stereocenters. The van der Waals surface area contributed by atoms with Gasteiger partial charge in [-0.3, -0.25) is 0 Å². The molecule has 56 heavy (non-hydrogen) atoms. The Kier molecular flexibility index (Phi) is 8.42. The number of nitrogens with zero attached hydrogens (tertiary/aromatic N) is 4. The van der Waals surface area contributed by atoms with Gasteiger partial charge in [-0.15, -0.1) is 0 Å². The van der Waals surface area contributed by atoms with Crippen molar-refractivity contribution in [1.29, 1.82) is 5.26 Å². The smallest absolute Gasteiger partial charge is 0.164 e. The normalized spacial score (nSPS) is 13.8. The molecule has 1 aromatic heterocycles. The largest absolute Gasteiger partial charge is 0.208 e. The average molecular weight is 719 g/mol. The zero-order valence-electron chi connectivity index (χ0n) is 31.0. The maximum atomic E-state index is 9.77. The Morgan fingerprint density at radius 3 is 1.36 bits per heavy atom. The van der Waals surface area contributed by atoms with E-state index in [1.54, 1.807) is 0 Å². The summed E-state index contributed by atoms with van der Waals surface area (Å²) in [6.45, 7) is 0. The number of aromatic nitrogens is 3. The van der Waals surface area contributed by atoms with Crippen LogP contribution in [-0.4, -0.2) is 15.0 Å². The zero-order chi connectivity index (χ0) is 37.5. The molecule has 0 unspecified atom stereocenters. The van der Waals surface area contributed by atoms with Crippen molar-refractivity contribution in [2.24, 2.45) is 0 Å². The van der Waals surface area contributed by atoms with Crippen LogP contribution in [0.25, 0.3) is 78.7 Å². The first kappa shape index (κ1) is 33.6. The Bertz CT molecular complexity index is 2680. The first-order chi connectivity index (χ1) is 27.7. The Hall–Kier alpha value is -6.96. The van der Waals surface area contributed by atoms with Gasteiger partial charge in [-0.05, 0) is 80.6 Å². The van der Waals surface area contributed by atoms with Crippen LogP contribution >= 0.6 is 0 Å². The summed E-state index contributed by atoms with van der Waals surface area (Å²) < 4.78 is 0. The van der Waals surface area contributed by atoms with Gasteiger partial charge in [0, 0.05) is 22.1 Å². The third-order valence-corrected chi connectivity index (χ3v) is 11.8. The Labute approximate surface area is 327 Å². The molecule has 0 amide bonds. The molecule has 10 rings (SSSR count). The summed E-state index contributed by atoms with van der Waals surface area (Å²) in [5, 5.41) is 9.77. The SMILES string of the molecule is N#Cc1ccc2c(c1)C1(CCCCC1)c1cccc(-c3ccc(-c4ccc(-c5ccc(-c6nc(-c7ccccc7)nc(-c7ccccc7)n6)cc5)cc4)cc3)c1-2. The molecular weight excluding hydrogens is 681 g/mol. The second-order valence-corrected chi connectivity index (χ2v) is 15.0. The summed E-state index contributed by atoms with van der Waals surface area (Å²) in [4.78, 5) is 14.6. The molecule has 8 aromatic rings. The number of hydrogen-bond acceptors (Lipinski definition) is 4. The molecule has 7 aromatic carbocycles. The fourth-order valence-electron chi connectivity index (χ4n) is 9.00. The third-order valence-electron chi connectivity index (χ3n) is 11.8. The summed E-state index contributed by atoms with van der Waals surface area (Å²) >= 11 is 0. The molecule has 1 heterocycles. The van der Waals surface area contributed by atoms with Gasteiger partial charge in [-0.2, -0.15) is 5.26 Å². The highest BCUT2D eigenvalue weighted by atomic mass is 15.0. The molecule has 4 heteroatoms. The minimum atomic E-state index is 0.0123. The molecule has 0 N–H and O–H groups in total. The third kappa shape index (κ3) is 5.90. The van der Waals surface area contributed by atoms with E-state index in [1.165, 1.54) is 63.8 Å². The van der Waals surface area contributed by atoms with Gasteiger partial charge in [-0.1, -0.05) is 177 Å². The van der Waals surface area contributed by atoms with Crippen LogP contribution in [0.4, 0.5) is 0 Å². The first-order valence-electron chi connectivity index (χ1n) is 19.5. The van der Waals surface area contributed by atoms with Gasteiger partial charge in [0.1, 0.15) is 0 Å². The first-order valence-corrected chi connectivity index (χ1v) is 19.5. The minimum Gasteiger partial charge on any atom is -0.208 e. The van der Waals surface area contributed by atoms with E-state index >= 15 is 0 Å². The quantitative estimate of drug-likeness (QED) is 0.172. The van der Waals surface area contributed by atoms with Crippen LogP contribution in [0, 0.1) is 11.3 Å². The van der Waals surface area contributed by atoms with Crippen LogP contribution in [-0.2, 0) is 5.41 Å². The van der Waals surface area contributed by atoms with Crippen LogP contribution in [0.1, 0.15) is 48.8 Å². The molecule has 1 spiro atoms. The van der Waals surface area contributed by atoms with Gasteiger partial charge in [0.05, 0.1) is 11.6 Å². The van der Waals surface area contributed by atoms with Crippen LogP contribution in [0.3, 0.4) is 0 Å². The zero-order valence-corrected chi connectivity index (χ0v) is 31.0. The summed E-state index contributed by atoms with van der Waals surface area (Å²) in [6, 6.07) is 62.0. The van der Waals surface area contributed by atoms with Gasteiger partial charge >= 0.3 is 0 Å². The maximum absolute atomic E-state index is 9.77. The summed E-state index contributed by atoms with van der Waals surface area (Å²) in [7, 11) is 0. The molecule has 266 valence electrons. The molecule has 1 saturated carbocycles. The number of benzene rings is 7. The van der Waals surface area contributed by atoms with E-state index in [9.17, 15) is 5.26 Å². The highest BCUT2D eigenvalue weighted by molar-refractivity contribution is 5.93. The lowest BCUT2D eigenvalue weighted by Gasteiger charge is -2.36. The van der Waals surface area contributed by atoms with Crippen molar-refractivity contribution in [2.75, 3.05) is 0 Å². The lowest BCUT2D eigenvalue weighted by atomic mass is 9.67. The average Bonchev–Trinajstić information content (AvgIpc) is 3.55. The standard InChI is InChI=1S/C52H38N4/c53-34-35-17-30-45-47(33-35)52(31-8-3-9-32-52)46-16-10-15-44(48(45)46)40-26-22-38(23-27-40)36-18-20-37(21-19-36)39-24-28-43(29-25-39)51-55-49(41-11-4-1-5-12-41)54-50(56-51)42-13-6-2-7-14-42/h1-2,4-7,10-30,33H,3,8-9,31-32H2. The van der Waals surface area contributed by atoms with Gasteiger partial charge in [0.25, 0.3) is 0 Å². The predicted octanol–water partition coefficient (Wildman–Crippen LogP) is 13.0. The van der Waals surface area contributed by atoms with Crippen LogP contribution in [0.2, 0.25) is 0 Å². The summed E-state index contributed by atoms with van der Waals surface area (Å²) in [6.07, 6.45) is 6.03. The fraction of sp³-hybridized carbons (Fsp3) is 0.115. The van der Waals surface area contributed by atoms with Crippen molar-refractivity contribution in [3.05, 3.63) is 187 Å². The molecule has 0 bridgehead atoms. The van der Waals surface area contributed by atoms with E-state index in [-0.39, 0.29) is 5.41 Å². The molecule has 0 aliphatic heterocycles. The molecule has 4 nitrogen and oxygen atoms in total. The molecule has 2 aliphatic rings. The molecular formula is C52H38N4. The molecule has 1 fully saturated rings. The second kappa shape index (κ2) is 14.0. The van der Waals surface area contributed by atoms with Crippen molar-refractivity contribution in [3.63, 3.8) is 0 Å². The van der Waals surface area contributed by atoms with Crippen molar-refractivity contribution in [2.45, 2.75) is 37.5 Å². The highest BCUT2D eigenvalue weighted by Crippen LogP contribution is 2.58. The van der Waals surface area contributed by atoms with Crippen molar-refractivity contribution in [3.8, 4) is 84.7 Å². The molecule has 0 saturated heterocycles. The fourth-order valence-corrected chi connectivity index (χ4v) is 9.00. The summed E-state index contributed by atoms with van der Waals surface area (Å²) in [5.41, 5.74) is 16.2. The topological polar surface area (TPSA) is 62.5 Å². The van der Waals surface area contributed by atoms with Crippen LogP contribution in [0.5, 0.6) is 0 Å². The molecule has 0 radical (unpaired) electrons. The van der Waals surface area contributed by atoms with E-state index in [2.05, 4.69) is 109 Å². The number of nitriles is 1. The van der Waals surface area contributed by atoms with Gasteiger partial charge in [0.15, 0.2) is 17.5 Å². The van der Waals surface area contributed by atoms with Crippen molar-refractivity contribution in [1.82, 2.24) is 15.0 Å². The predicted molar refractivity (Wildman–Crippen MR) is 226 cm³/mol. The lowest BCUT2D eigenvalue weighted by Crippen LogP contribution is -2.28. The number of hydrogen-bond donors (Lipinski definition) is 0. The maximum Gasteiger partial charge on any atom is 0.164 e.